The Kier molecular flexibility index (Phi) is 4.90. The molecule has 0 saturated carbocycles. The number of rotatable bonds is 5. The number of hydrogen-bond acceptors (Lipinski definition) is 6. The number of benzene rings is 1. The Hall–Kier alpha value is -1.88. The summed E-state index contributed by atoms with van der Waals surface area (Å²) in [6.07, 6.45) is 0. The van der Waals surface area contributed by atoms with Gasteiger partial charge in [0.05, 0.1) is 12.2 Å². The lowest BCUT2D eigenvalue weighted by Crippen LogP contribution is -2.51. The van der Waals surface area contributed by atoms with Crippen molar-refractivity contribution in [2.75, 3.05) is 40.3 Å². The maximum Gasteiger partial charge on any atom is 0.281 e. The number of aromatic nitrogens is 4. The largest absolute Gasteiger partial charge is 0.293 e. The highest BCUT2D eigenvalue weighted by molar-refractivity contribution is 7.86. The van der Waals surface area contributed by atoms with Gasteiger partial charge in [0, 0.05) is 40.3 Å². The van der Waals surface area contributed by atoms with Crippen LogP contribution in [0.25, 0.3) is 5.69 Å². The van der Waals surface area contributed by atoms with Crippen molar-refractivity contribution in [1.29, 1.82) is 0 Å². The molecule has 1 aliphatic heterocycles. The van der Waals surface area contributed by atoms with Crippen LogP contribution >= 0.6 is 0 Å². The van der Waals surface area contributed by atoms with Crippen LogP contribution in [0.3, 0.4) is 0 Å². The molecule has 2 heterocycles. The second-order valence-electron chi connectivity index (χ2n) is 5.81. The van der Waals surface area contributed by atoms with Crippen molar-refractivity contribution >= 4 is 10.2 Å². The SMILES string of the molecule is CN(C)S(=O)(=O)N1CCN(Cc2nnnn2-c2ccccc2)CC1. The molecule has 1 saturated heterocycles. The van der Waals surface area contributed by atoms with Gasteiger partial charge in [0.25, 0.3) is 10.2 Å². The molecule has 0 aliphatic carbocycles. The molecular formula is C14H21N7O2S. The predicted molar refractivity (Wildman–Crippen MR) is 88.6 cm³/mol. The normalized spacial score (nSPS) is 17.5. The lowest BCUT2D eigenvalue weighted by Gasteiger charge is -2.34. The smallest absolute Gasteiger partial charge is 0.281 e. The summed E-state index contributed by atoms with van der Waals surface area (Å²) in [4.78, 5) is 2.16. The summed E-state index contributed by atoms with van der Waals surface area (Å²) in [6, 6.07) is 9.71. The highest BCUT2D eigenvalue weighted by Crippen LogP contribution is 2.13. The van der Waals surface area contributed by atoms with Crippen molar-refractivity contribution in [2.45, 2.75) is 6.54 Å². The number of hydrogen-bond donors (Lipinski definition) is 0. The molecule has 3 rings (SSSR count). The van der Waals surface area contributed by atoms with Crippen molar-refractivity contribution in [2.24, 2.45) is 0 Å². The van der Waals surface area contributed by atoms with Crippen molar-refractivity contribution in [1.82, 2.24) is 33.7 Å². The monoisotopic (exact) mass is 351 g/mol. The molecule has 24 heavy (non-hydrogen) atoms. The van der Waals surface area contributed by atoms with E-state index >= 15 is 0 Å². The van der Waals surface area contributed by atoms with E-state index in [2.05, 4.69) is 20.4 Å². The van der Waals surface area contributed by atoms with E-state index in [1.165, 1.54) is 8.61 Å². The molecule has 0 radical (unpaired) electrons. The van der Waals surface area contributed by atoms with E-state index in [0.717, 1.165) is 11.5 Å². The van der Waals surface area contributed by atoms with Crippen molar-refractivity contribution in [3.05, 3.63) is 36.2 Å². The van der Waals surface area contributed by atoms with E-state index in [-0.39, 0.29) is 0 Å². The van der Waals surface area contributed by atoms with Gasteiger partial charge in [-0.15, -0.1) is 5.10 Å². The molecular weight excluding hydrogens is 330 g/mol. The van der Waals surface area contributed by atoms with Gasteiger partial charge < -0.3 is 0 Å². The lowest BCUT2D eigenvalue weighted by molar-refractivity contribution is 0.173. The fourth-order valence-electron chi connectivity index (χ4n) is 2.62. The molecule has 0 spiro atoms. The van der Waals surface area contributed by atoms with E-state index in [9.17, 15) is 8.42 Å². The minimum absolute atomic E-state index is 0.466. The highest BCUT2D eigenvalue weighted by atomic mass is 32.2. The van der Waals surface area contributed by atoms with Crippen LogP contribution in [0, 0.1) is 0 Å². The molecule has 130 valence electrons. The van der Waals surface area contributed by atoms with Gasteiger partial charge in [-0.1, -0.05) is 18.2 Å². The zero-order chi connectivity index (χ0) is 17.2. The van der Waals surface area contributed by atoms with Crippen LogP contribution in [0.4, 0.5) is 0 Å². The molecule has 1 aromatic heterocycles. The van der Waals surface area contributed by atoms with E-state index in [0.29, 0.717) is 32.7 Å². The first-order chi connectivity index (χ1) is 11.5. The Bertz CT molecular complexity index is 767. The summed E-state index contributed by atoms with van der Waals surface area (Å²) in [5.74, 6) is 0.741. The van der Waals surface area contributed by atoms with E-state index in [1.54, 1.807) is 18.8 Å². The fraction of sp³-hybridized carbons (Fsp3) is 0.500. The van der Waals surface area contributed by atoms with Gasteiger partial charge in [0.2, 0.25) is 0 Å². The third-order valence-electron chi connectivity index (χ3n) is 4.02. The van der Waals surface area contributed by atoms with Crippen LogP contribution in [0.5, 0.6) is 0 Å². The molecule has 2 aromatic rings. The van der Waals surface area contributed by atoms with E-state index in [4.69, 9.17) is 0 Å². The minimum Gasteiger partial charge on any atom is -0.293 e. The van der Waals surface area contributed by atoms with Crippen LogP contribution in [0.1, 0.15) is 5.82 Å². The van der Waals surface area contributed by atoms with Crippen LogP contribution < -0.4 is 0 Å². The Balaban J connectivity index is 1.65. The summed E-state index contributed by atoms with van der Waals surface area (Å²) in [5, 5.41) is 11.9. The molecule has 1 aliphatic rings. The first-order valence-electron chi connectivity index (χ1n) is 7.71. The van der Waals surface area contributed by atoms with Crippen LogP contribution in [0.15, 0.2) is 30.3 Å². The van der Waals surface area contributed by atoms with Gasteiger partial charge in [0.15, 0.2) is 5.82 Å². The zero-order valence-electron chi connectivity index (χ0n) is 13.8. The average Bonchev–Trinajstić information content (AvgIpc) is 3.04. The minimum atomic E-state index is -3.34. The van der Waals surface area contributed by atoms with Gasteiger partial charge >= 0.3 is 0 Å². The van der Waals surface area contributed by atoms with Crippen LogP contribution in [-0.2, 0) is 16.8 Å². The van der Waals surface area contributed by atoms with Crippen molar-refractivity contribution in [3.8, 4) is 5.69 Å². The number of piperazine rings is 1. The molecule has 1 aromatic carbocycles. The first kappa shape index (κ1) is 17.0. The van der Waals surface area contributed by atoms with Crippen molar-refractivity contribution in [3.63, 3.8) is 0 Å². The maximum absolute atomic E-state index is 12.1. The first-order valence-corrected chi connectivity index (χ1v) is 9.11. The second kappa shape index (κ2) is 6.93. The standard InChI is InChI=1S/C14H21N7O2S/c1-18(2)24(22,23)20-10-8-19(9-11-20)12-14-15-16-17-21(14)13-6-4-3-5-7-13/h3-7H,8-12H2,1-2H3. The Morgan fingerprint density at radius 2 is 1.75 bits per heavy atom. The van der Waals surface area contributed by atoms with Crippen LogP contribution in [0.2, 0.25) is 0 Å². The van der Waals surface area contributed by atoms with Gasteiger partial charge in [-0.05, 0) is 22.6 Å². The Morgan fingerprint density at radius 1 is 1.08 bits per heavy atom. The van der Waals surface area contributed by atoms with Gasteiger partial charge in [-0.3, -0.25) is 4.90 Å². The topological polar surface area (TPSA) is 87.5 Å². The molecule has 0 N–H and O–H groups in total. The summed E-state index contributed by atoms with van der Waals surface area (Å²) in [5.41, 5.74) is 0.909. The number of tetrazole rings is 1. The van der Waals surface area contributed by atoms with Crippen molar-refractivity contribution < 1.29 is 8.42 Å². The summed E-state index contributed by atoms with van der Waals surface area (Å²) < 4.78 is 28.8. The number of nitrogens with zero attached hydrogens (tertiary/aromatic N) is 7. The Labute approximate surface area is 141 Å². The summed E-state index contributed by atoms with van der Waals surface area (Å²) in [7, 11) is -0.239. The second-order valence-corrected chi connectivity index (χ2v) is 7.95. The summed E-state index contributed by atoms with van der Waals surface area (Å²) in [6.45, 7) is 2.81. The maximum atomic E-state index is 12.1. The van der Waals surface area contributed by atoms with Gasteiger partial charge in [0.1, 0.15) is 0 Å². The third-order valence-corrected chi connectivity index (χ3v) is 5.96. The average molecular weight is 351 g/mol. The Morgan fingerprint density at radius 3 is 2.38 bits per heavy atom. The molecule has 1 fully saturated rings. The molecule has 0 bridgehead atoms. The molecule has 0 atom stereocenters. The van der Waals surface area contributed by atoms with E-state index in [1.807, 2.05) is 30.3 Å². The molecule has 0 unspecified atom stereocenters. The lowest BCUT2D eigenvalue weighted by atomic mass is 10.3. The number of para-hydroxylation sites is 1. The van der Waals surface area contributed by atoms with Gasteiger partial charge in [-0.2, -0.15) is 21.7 Å². The zero-order valence-corrected chi connectivity index (χ0v) is 14.6. The fourth-order valence-corrected chi connectivity index (χ4v) is 3.71. The van der Waals surface area contributed by atoms with Crippen LogP contribution in [-0.4, -0.2) is 82.4 Å². The predicted octanol–water partition coefficient (Wildman–Crippen LogP) is -0.414. The third kappa shape index (κ3) is 3.46. The molecule has 9 nitrogen and oxygen atoms in total. The highest BCUT2D eigenvalue weighted by Gasteiger charge is 2.29. The quantitative estimate of drug-likeness (QED) is 0.728. The van der Waals surface area contributed by atoms with Gasteiger partial charge in [-0.25, -0.2) is 0 Å². The van der Waals surface area contributed by atoms with E-state index < -0.39 is 10.2 Å². The molecule has 0 amide bonds. The molecule has 10 heteroatoms. The summed E-state index contributed by atoms with van der Waals surface area (Å²) >= 11 is 0.